The van der Waals surface area contributed by atoms with E-state index in [1.54, 1.807) is 7.11 Å². The van der Waals surface area contributed by atoms with Crippen molar-refractivity contribution in [2.75, 3.05) is 7.11 Å². The first kappa shape index (κ1) is 20.6. The van der Waals surface area contributed by atoms with Gasteiger partial charge in [0.05, 0.1) is 6.10 Å². The number of carbonyl (C=O) groups is 1. The monoisotopic (exact) mass is 312 g/mol. The summed E-state index contributed by atoms with van der Waals surface area (Å²) in [5.74, 6) is -1.64. The molecular formula is C17H28O5. The Bertz CT molecular complexity index is 405. The summed E-state index contributed by atoms with van der Waals surface area (Å²) in [5, 5.41) is 16.2. The highest BCUT2D eigenvalue weighted by molar-refractivity contribution is 5.70. The van der Waals surface area contributed by atoms with Gasteiger partial charge in [-0.25, -0.2) is 0 Å². The molecular weight excluding hydrogens is 284 g/mol. The number of hydrogen-bond donors (Lipinski definition) is 2. The predicted octanol–water partition coefficient (Wildman–Crippen LogP) is 2.81. The molecule has 1 aliphatic rings. The highest BCUT2D eigenvalue weighted by atomic mass is 16.6. The zero-order valence-corrected chi connectivity index (χ0v) is 14.1. The van der Waals surface area contributed by atoms with Crippen LogP contribution in [0.1, 0.15) is 52.2 Å². The Balaban J connectivity index is 0.000000540. The quantitative estimate of drug-likeness (QED) is 0.649. The normalized spacial score (nSPS) is 20.8. The Hall–Kier alpha value is -1.43. The molecule has 0 bridgehead atoms. The molecule has 2 N–H and O–H groups in total. The number of ether oxygens (including phenoxy) is 2. The van der Waals surface area contributed by atoms with Crippen molar-refractivity contribution in [3.63, 3.8) is 0 Å². The average Bonchev–Trinajstić information content (AvgIpc) is 2.48. The lowest BCUT2D eigenvalue weighted by molar-refractivity contribution is -0.166. The van der Waals surface area contributed by atoms with Crippen LogP contribution in [0.4, 0.5) is 0 Å². The molecule has 126 valence electrons. The summed E-state index contributed by atoms with van der Waals surface area (Å²) in [7, 11) is 1.65. The molecule has 1 saturated heterocycles. The Morgan fingerprint density at radius 2 is 1.68 bits per heavy atom. The van der Waals surface area contributed by atoms with Gasteiger partial charge in [-0.2, -0.15) is 0 Å². The summed E-state index contributed by atoms with van der Waals surface area (Å²) >= 11 is 0. The van der Waals surface area contributed by atoms with E-state index < -0.39 is 5.79 Å². The third-order valence-electron chi connectivity index (χ3n) is 2.66. The molecule has 0 spiro atoms. The fourth-order valence-electron chi connectivity index (χ4n) is 1.85. The number of cyclic esters (lactones) is 1. The van der Waals surface area contributed by atoms with Crippen LogP contribution in [0.15, 0.2) is 30.3 Å². The second-order valence-electron chi connectivity index (χ2n) is 5.13. The number of esters is 1. The topological polar surface area (TPSA) is 76.0 Å². The molecule has 1 unspecified atom stereocenters. The van der Waals surface area contributed by atoms with Crippen molar-refractivity contribution in [1.29, 1.82) is 0 Å². The van der Waals surface area contributed by atoms with Crippen LogP contribution in [0.2, 0.25) is 0 Å². The largest absolute Gasteiger partial charge is 0.455 e. The zero-order valence-electron chi connectivity index (χ0n) is 14.1. The van der Waals surface area contributed by atoms with Gasteiger partial charge in [0.2, 0.25) is 0 Å². The molecule has 0 aliphatic carbocycles. The Kier molecular flexibility index (Phi) is 9.65. The fraction of sp³-hybridized carbons (Fsp3) is 0.588. The van der Waals surface area contributed by atoms with E-state index in [0.717, 1.165) is 12.0 Å². The van der Waals surface area contributed by atoms with Crippen LogP contribution in [0.3, 0.4) is 0 Å². The molecule has 1 heterocycles. The van der Waals surface area contributed by atoms with Crippen LogP contribution in [-0.4, -0.2) is 35.2 Å². The number of carbonyl (C=O) groups excluding carboxylic acids is 1. The fourth-order valence-corrected chi connectivity index (χ4v) is 1.85. The molecule has 2 atom stereocenters. The first-order chi connectivity index (χ1) is 10.3. The van der Waals surface area contributed by atoms with Crippen molar-refractivity contribution in [2.24, 2.45) is 0 Å². The minimum Gasteiger partial charge on any atom is -0.455 e. The maximum atomic E-state index is 11.2. The standard InChI is InChI=1S/C12H14O3.C3H8O2.C2H6/c1-14-10-7-8-11(13)15-12(10)9-5-3-2-4-6-9;1-3(2,4)5;1-2/h2-6,10,12H,7-8H2,1H3;4-5H,1-2H3;1-2H3/t10?,12-;;/m0../s1. The molecule has 0 saturated carbocycles. The van der Waals surface area contributed by atoms with Gasteiger partial charge in [0.15, 0.2) is 11.9 Å². The van der Waals surface area contributed by atoms with E-state index in [1.165, 1.54) is 13.8 Å². The number of benzene rings is 1. The van der Waals surface area contributed by atoms with E-state index in [-0.39, 0.29) is 18.2 Å². The first-order valence-corrected chi connectivity index (χ1v) is 7.53. The molecule has 2 rings (SSSR count). The van der Waals surface area contributed by atoms with Crippen molar-refractivity contribution in [3.05, 3.63) is 35.9 Å². The van der Waals surface area contributed by atoms with Gasteiger partial charge in [0.25, 0.3) is 0 Å². The van der Waals surface area contributed by atoms with Gasteiger partial charge in [0, 0.05) is 13.5 Å². The molecule has 0 radical (unpaired) electrons. The van der Waals surface area contributed by atoms with Gasteiger partial charge in [-0.3, -0.25) is 4.79 Å². The summed E-state index contributed by atoms with van der Waals surface area (Å²) in [4.78, 5) is 11.2. The summed E-state index contributed by atoms with van der Waals surface area (Å²) in [6, 6.07) is 9.72. The van der Waals surface area contributed by atoms with Crippen molar-refractivity contribution in [3.8, 4) is 0 Å². The minimum absolute atomic E-state index is 0.0231. The lowest BCUT2D eigenvalue weighted by Gasteiger charge is -2.30. The van der Waals surface area contributed by atoms with Crippen molar-refractivity contribution in [2.45, 2.75) is 58.5 Å². The van der Waals surface area contributed by atoms with Gasteiger partial charge in [-0.05, 0) is 25.8 Å². The molecule has 0 aromatic heterocycles. The second-order valence-corrected chi connectivity index (χ2v) is 5.13. The van der Waals surface area contributed by atoms with Crippen LogP contribution < -0.4 is 0 Å². The molecule has 1 aromatic carbocycles. The van der Waals surface area contributed by atoms with Crippen LogP contribution >= 0.6 is 0 Å². The van der Waals surface area contributed by atoms with Gasteiger partial charge in [0.1, 0.15) is 0 Å². The molecule has 1 aromatic rings. The maximum absolute atomic E-state index is 11.2. The van der Waals surface area contributed by atoms with Gasteiger partial charge >= 0.3 is 5.97 Å². The van der Waals surface area contributed by atoms with E-state index in [2.05, 4.69) is 0 Å². The number of hydrogen-bond acceptors (Lipinski definition) is 5. The van der Waals surface area contributed by atoms with Crippen molar-refractivity contribution in [1.82, 2.24) is 0 Å². The SMILES string of the molecule is CC.CC(C)(O)O.COC1CCC(=O)O[C@H]1c1ccccc1. The van der Waals surface area contributed by atoms with Gasteiger partial charge in [-0.1, -0.05) is 44.2 Å². The average molecular weight is 312 g/mol. The molecule has 1 aliphatic heterocycles. The molecule has 5 nitrogen and oxygen atoms in total. The van der Waals surface area contributed by atoms with E-state index in [4.69, 9.17) is 19.7 Å². The van der Waals surface area contributed by atoms with Crippen LogP contribution in [0.5, 0.6) is 0 Å². The number of rotatable bonds is 2. The van der Waals surface area contributed by atoms with Gasteiger partial charge in [-0.15, -0.1) is 0 Å². The molecule has 0 amide bonds. The number of aliphatic hydroxyl groups is 2. The highest BCUT2D eigenvalue weighted by Crippen LogP contribution is 2.30. The van der Waals surface area contributed by atoms with Crippen molar-refractivity contribution >= 4 is 5.97 Å². The van der Waals surface area contributed by atoms with E-state index in [1.807, 2.05) is 44.2 Å². The first-order valence-electron chi connectivity index (χ1n) is 7.53. The van der Waals surface area contributed by atoms with E-state index >= 15 is 0 Å². The third kappa shape index (κ3) is 8.77. The van der Waals surface area contributed by atoms with Crippen LogP contribution in [0, 0.1) is 0 Å². The zero-order chi connectivity index (χ0) is 17.2. The van der Waals surface area contributed by atoms with Crippen LogP contribution in [0.25, 0.3) is 0 Å². The molecule has 5 heteroatoms. The molecule has 1 fully saturated rings. The molecule has 22 heavy (non-hydrogen) atoms. The summed E-state index contributed by atoms with van der Waals surface area (Å²) in [6.45, 7) is 6.60. The smallest absolute Gasteiger partial charge is 0.306 e. The minimum atomic E-state index is -1.50. The van der Waals surface area contributed by atoms with Crippen molar-refractivity contribution < 1.29 is 24.5 Å². The van der Waals surface area contributed by atoms with E-state index in [0.29, 0.717) is 6.42 Å². The third-order valence-corrected chi connectivity index (χ3v) is 2.66. The summed E-state index contributed by atoms with van der Waals surface area (Å²) in [5.41, 5.74) is 0.998. The summed E-state index contributed by atoms with van der Waals surface area (Å²) < 4.78 is 10.6. The van der Waals surface area contributed by atoms with Gasteiger partial charge < -0.3 is 19.7 Å². The number of methoxy groups -OCH3 is 1. The summed E-state index contributed by atoms with van der Waals surface area (Å²) in [6.07, 6.45) is 0.902. The maximum Gasteiger partial charge on any atom is 0.306 e. The van der Waals surface area contributed by atoms with Crippen LogP contribution in [-0.2, 0) is 14.3 Å². The highest BCUT2D eigenvalue weighted by Gasteiger charge is 2.31. The Labute approximate surface area is 132 Å². The Morgan fingerprint density at radius 3 is 2.14 bits per heavy atom. The van der Waals surface area contributed by atoms with E-state index in [9.17, 15) is 4.79 Å². The Morgan fingerprint density at radius 1 is 1.18 bits per heavy atom. The lowest BCUT2D eigenvalue weighted by atomic mass is 9.98. The lowest BCUT2D eigenvalue weighted by Crippen LogP contribution is -2.31. The predicted molar refractivity (Wildman–Crippen MR) is 85.2 cm³/mol. The second kappa shape index (κ2) is 10.3.